The number of fused-ring (bicyclic) bond motifs is 1. The van der Waals surface area contributed by atoms with Crippen LogP contribution in [0.5, 0.6) is 0 Å². The average molecular weight is 349 g/mol. The lowest BCUT2D eigenvalue weighted by Gasteiger charge is -2.30. The lowest BCUT2D eigenvalue weighted by molar-refractivity contribution is 0.0695. The minimum atomic E-state index is -1.45. The predicted molar refractivity (Wildman–Crippen MR) is 90.4 cm³/mol. The molecule has 2 aromatic rings. The lowest BCUT2D eigenvalue weighted by atomic mass is 10.1. The highest BCUT2D eigenvalue weighted by molar-refractivity contribution is 5.93. The van der Waals surface area contributed by atoms with E-state index in [0.717, 1.165) is 12.3 Å². The normalized spacial score (nSPS) is 14.7. The molecule has 25 heavy (non-hydrogen) atoms. The van der Waals surface area contributed by atoms with E-state index in [9.17, 15) is 19.1 Å². The van der Waals surface area contributed by atoms with Crippen molar-refractivity contribution in [2.24, 2.45) is 0 Å². The van der Waals surface area contributed by atoms with Crippen LogP contribution in [-0.4, -0.2) is 41.8 Å². The van der Waals surface area contributed by atoms with Crippen LogP contribution in [-0.2, 0) is 6.54 Å². The van der Waals surface area contributed by atoms with Crippen LogP contribution in [0.1, 0.15) is 10.4 Å². The Morgan fingerprint density at radius 2 is 2.04 bits per heavy atom. The summed E-state index contributed by atoms with van der Waals surface area (Å²) in [6.45, 7) is 5.68. The number of rotatable bonds is 4. The minimum absolute atomic E-state index is 0.0839. The number of carbonyl (C=O) groups is 1. The Kier molecular flexibility index (Phi) is 4.54. The van der Waals surface area contributed by atoms with Crippen LogP contribution in [0.3, 0.4) is 0 Å². The van der Waals surface area contributed by atoms with Crippen LogP contribution in [0, 0.1) is 11.6 Å². The number of anilines is 1. The highest BCUT2D eigenvalue weighted by Crippen LogP contribution is 2.30. The molecule has 6 nitrogen and oxygen atoms in total. The van der Waals surface area contributed by atoms with Gasteiger partial charge in [0.05, 0.1) is 10.9 Å². The molecule has 1 aromatic heterocycles. The van der Waals surface area contributed by atoms with Crippen molar-refractivity contribution in [2.45, 2.75) is 6.54 Å². The van der Waals surface area contributed by atoms with Gasteiger partial charge in [0.1, 0.15) is 17.1 Å². The van der Waals surface area contributed by atoms with Crippen molar-refractivity contribution in [3.63, 3.8) is 0 Å². The summed E-state index contributed by atoms with van der Waals surface area (Å²) in [6, 6.07) is 0.921. The monoisotopic (exact) mass is 349 g/mol. The van der Waals surface area contributed by atoms with Gasteiger partial charge in [-0.05, 0) is 6.07 Å². The molecule has 1 saturated heterocycles. The predicted octanol–water partition coefficient (Wildman–Crippen LogP) is 1.57. The topological polar surface area (TPSA) is 74.6 Å². The van der Waals surface area contributed by atoms with E-state index in [2.05, 4.69) is 11.9 Å². The summed E-state index contributed by atoms with van der Waals surface area (Å²) in [4.78, 5) is 25.2. The molecule has 0 atom stereocenters. The van der Waals surface area contributed by atoms with Gasteiger partial charge in [0.2, 0.25) is 5.43 Å². The number of piperazine rings is 1. The van der Waals surface area contributed by atoms with Gasteiger partial charge in [-0.25, -0.2) is 13.6 Å². The highest BCUT2D eigenvalue weighted by atomic mass is 19.1. The molecule has 8 heteroatoms. The zero-order valence-corrected chi connectivity index (χ0v) is 13.4. The van der Waals surface area contributed by atoms with Gasteiger partial charge in [-0.3, -0.25) is 4.79 Å². The Morgan fingerprint density at radius 1 is 1.36 bits per heavy atom. The fraction of sp³-hybridized carbons (Fsp3) is 0.294. The summed E-state index contributed by atoms with van der Waals surface area (Å²) in [5.74, 6) is -3.19. The number of hydrogen-bond donors (Lipinski definition) is 2. The number of aromatic nitrogens is 1. The van der Waals surface area contributed by atoms with Crippen molar-refractivity contribution < 1.29 is 18.7 Å². The number of carboxylic acid groups (broad SMARTS) is 1. The summed E-state index contributed by atoms with van der Waals surface area (Å²) in [6.07, 6.45) is 2.51. The third-order valence-corrected chi connectivity index (χ3v) is 4.22. The van der Waals surface area contributed by atoms with Crippen molar-refractivity contribution in [1.29, 1.82) is 0 Å². The maximum atomic E-state index is 15.2. The Hall–Kier alpha value is -2.74. The molecular formula is C17H17F2N3O3. The molecule has 2 heterocycles. The van der Waals surface area contributed by atoms with Gasteiger partial charge in [-0.2, -0.15) is 0 Å². The first-order valence-corrected chi connectivity index (χ1v) is 7.80. The number of carboxylic acids is 1. The van der Waals surface area contributed by atoms with Crippen LogP contribution in [0.25, 0.3) is 10.9 Å². The van der Waals surface area contributed by atoms with Crippen LogP contribution < -0.4 is 15.6 Å². The van der Waals surface area contributed by atoms with E-state index >= 15 is 4.39 Å². The SMILES string of the molecule is C=CCn1cc(C(=O)O)c(=O)c2cc(F)c(N3CCNCC3)c(F)c21. The van der Waals surface area contributed by atoms with Crippen LogP contribution in [0.4, 0.5) is 14.5 Å². The van der Waals surface area contributed by atoms with Crippen LogP contribution >= 0.6 is 0 Å². The second-order valence-corrected chi connectivity index (χ2v) is 5.77. The molecule has 1 aliphatic heterocycles. The largest absolute Gasteiger partial charge is 0.477 e. The van der Waals surface area contributed by atoms with Gasteiger partial charge in [0.25, 0.3) is 0 Å². The number of hydrogen-bond acceptors (Lipinski definition) is 4. The Morgan fingerprint density at radius 3 is 2.64 bits per heavy atom. The minimum Gasteiger partial charge on any atom is -0.477 e. The first-order valence-electron chi connectivity index (χ1n) is 7.80. The Balaban J connectivity index is 2.35. The lowest BCUT2D eigenvalue weighted by Crippen LogP contribution is -2.44. The van der Waals surface area contributed by atoms with Crippen molar-refractivity contribution in [3.05, 3.63) is 52.3 Å². The number of nitrogens with one attached hydrogen (secondary N) is 1. The number of allylic oxidation sites excluding steroid dienone is 1. The zero-order chi connectivity index (χ0) is 18.1. The first kappa shape index (κ1) is 17.1. The van der Waals surface area contributed by atoms with Gasteiger partial charge in [0.15, 0.2) is 5.82 Å². The molecule has 1 aromatic carbocycles. The summed E-state index contributed by atoms with van der Waals surface area (Å²) < 4.78 is 31.0. The van der Waals surface area contributed by atoms with Gasteiger partial charge in [-0.15, -0.1) is 6.58 Å². The van der Waals surface area contributed by atoms with Crippen molar-refractivity contribution >= 4 is 22.6 Å². The standard InChI is InChI=1S/C17H17F2N3O3/c1-2-5-22-9-11(17(24)25)16(23)10-8-12(18)15(13(19)14(10)22)21-6-3-20-4-7-21/h2,8-9,20H,1,3-7H2,(H,24,25). The molecule has 0 bridgehead atoms. The number of aromatic carboxylic acids is 1. The van der Waals surface area contributed by atoms with E-state index in [-0.39, 0.29) is 23.1 Å². The molecular weight excluding hydrogens is 332 g/mol. The molecule has 3 rings (SSSR count). The van der Waals surface area contributed by atoms with Gasteiger partial charge >= 0.3 is 5.97 Å². The number of benzene rings is 1. The molecule has 1 fully saturated rings. The smallest absolute Gasteiger partial charge is 0.341 e. The number of nitrogens with zero attached hydrogens (tertiary/aromatic N) is 2. The van der Waals surface area contributed by atoms with Crippen molar-refractivity contribution in [2.75, 3.05) is 31.1 Å². The van der Waals surface area contributed by atoms with E-state index in [1.807, 2.05) is 0 Å². The average Bonchev–Trinajstić information content (AvgIpc) is 2.58. The molecule has 0 amide bonds. The maximum Gasteiger partial charge on any atom is 0.341 e. The zero-order valence-electron chi connectivity index (χ0n) is 13.4. The summed E-state index contributed by atoms with van der Waals surface area (Å²) in [5, 5.41) is 12.0. The van der Waals surface area contributed by atoms with Crippen LogP contribution in [0.15, 0.2) is 29.7 Å². The van der Waals surface area contributed by atoms with Gasteiger partial charge in [-0.1, -0.05) is 6.08 Å². The molecule has 1 aliphatic rings. The van der Waals surface area contributed by atoms with Gasteiger partial charge in [0, 0.05) is 38.9 Å². The molecule has 0 radical (unpaired) electrons. The third-order valence-electron chi connectivity index (χ3n) is 4.22. The second kappa shape index (κ2) is 6.64. The van der Waals surface area contributed by atoms with E-state index < -0.39 is 28.6 Å². The molecule has 0 saturated carbocycles. The van der Waals surface area contributed by atoms with E-state index in [1.54, 1.807) is 4.90 Å². The second-order valence-electron chi connectivity index (χ2n) is 5.77. The van der Waals surface area contributed by atoms with E-state index in [1.165, 1.54) is 10.6 Å². The van der Waals surface area contributed by atoms with E-state index in [4.69, 9.17) is 0 Å². The quantitative estimate of drug-likeness (QED) is 0.820. The summed E-state index contributed by atoms with van der Waals surface area (Å²) in [7, 11) is 0. The molecule has 0 spiro atoms. The van der Waals surface area contributed by atoms with Crippen LogP contribution in [0.2, 0.25) is 0 Å². The highest BCUT2D eigenvalue weighted by Gasteiger charge is 2.25. The van der Waals surface area contributed by atoms with Crippen molar-refractivity contribution in [3.8, 4) is 0 Å². The van der Waals surface area contributed by atoms with Crippen molar-refractivity contribution in [1.82, 2.24) is 9.88 Å². The summed E-state index contributed by atoms with van der Waals surface area (Å²) >= 11 is 0. The van der Waals surface area contributed by atoms with E-state index in [0.29, 0.717) is 26.2 Å². The number of halogens is 2. The fourth-order valence-corrected chi connectivity index (χ4v) is 3.09. The molecule has 132 valence electrons. The third kappa shape index (κ3) is 2.89. The summed E-state index contributed by atoms with van der Waals surface area (Å²) in [5.41, 5.74) is -1.77. The van der Waals surface area contributed by atoms with Gasteiger partial charge < -0.3 is 19.9 Å². The first-order chi connectivity index (χ1) is 12.0. The number of pyridine rings is 1. The molecule has 0 unspecified atom stereocenters. The Labute approximate surface area is 142 Å². The molecule has 0 aliphatic carbocycles. The maximum absolute atomic E-state index is 15.2. The molecule has 2 N–H and O–H groups in total. The Bertz CT molecular complexity index is 918. The fourth-order valence-electron chi connectivity index (χ4n) is 3.09.